The van der Waals surface area contributed by atoms with E-state index in [-0.39, 0.29) is 23.5 Å². The maximum absolute atomic E-state index is 12.4. The zero-order valence-electron chi connectivity index (χ0n) is 15.2. The van der Waals surface area contributed by atoms with E-state index >= 15 is 0 Å². The smallest absolute Gasteiger partial charge is 0.313 e. The van der Waals surface area contributed by atoms with Gasteiger partial charge in [0.05, 0.1) is 6.61 Å². The van der Waals surface area contributed by atoms with Crippen molar-refractivity contribution in [3.8, 4) is 0 Å². The Morgan fingerprint density at radius 1 is 1.26 bits per heavy atom. The lowest BCUT2D eigenvalue weighted by Crippen LogP contribution is -2.49. The van der Waals surface area contributed by atoms with Crippen LogP contribution in [0.25, 0.3) is 0 Å². The molecule has 2 saturated carbocycles. The molecule has 0 unspecified atom stereocenters. The van der Waals surface area contributed by atoms with Crippen LogP contribution >= 0.6 is 0 Å². The van der Waals surface area contributed by atoms with E-state index in [1.165, 1.54) is 24.8 Å². The van der Waals surface area contributed by atoms with Crippen molar-refractivity contribution >= 4 is 11.8 Å². The summed E-state index contributed by atoms with van der Waals surface area (Å²) in [5.74, 6) is 0.446. The number of carbonyl (C=O) groups excluding carboxylic acids is 2. The highest BCUT2D eigenvalue weighted by Gasteiger charge is 2.53. The molecular formula is C20H32O3. The van der Waals surface area contributed by atoms with E-state index in [0.29, 0.717) is 24.4 Å². The fraction of sp³-hybridized carbons (Fsp3) is 0.800. The summed E-state index contributed by atoms with van der Waals surface area (Å²) in [6, 6.07) is 0. The van der Waals surface area contributed by atoms with Crippen molar-refractivity contribution < 1.29 is 14.3 Å². The van der Waals surface area contributed by atoms with Gasteiger partial charge in [0.2, 0.25) is 0 Å². The van der Waals surface area contributed by atoms with Gasteiger partial charge in [0.25, 0.3) is 0 Å². The molecule has 0 heterocycles. The first-order valence-corrected chi connectivity index (χ1v) is 9.05. The van der Waals surface area contributed by atoms with Crippen molar-refractivity contribution in [2.45, 2.75) is 72.6 Å². The highest BCUT2D eigenvalue weighted by Crippen LogP contribution is 2.61. The molecule has 3 atom stereocenters. The summed E-state index contributed by atoms with van der Waals surface area (Å²) < 4.78 is 4.91. The average Bonchev–Trinajstić information content (AvgIpc) is 2.42. The molecule has 23 heavy (non-hydrogen) atoms. The van der Waals surface area contributed by atoms with Crippen LogP contribution in [0.5, 0.6) is 0 Å². The van der Waals surface area contributed by atoms with E-state index in [0.717, 1.165) is 12.8 Å². The predicted molar refractivity (Wildman–Crippen MR) is 92.0 cm³/mol. The van der Waals surface area contributed by atoms with Crippen LogP contribution in [-0.4, -0.2) is 18.4 Å². The molecule has 2 fully saturated rings. The van der Waals surface area contributed by atoms with Gasteiger partial charge in [0.15, 0.2) is 0 Å². The molecule has 2 aliphatic rings. The molecule has 130 valence electrons. The highest BCUT2D eigenvalue weighted by atomic mass is 16.5. The van der Waals surface area contributed by atoms with E-state index in [4.69, 9.17) is 4.74 Å². The van der Waals surface area contributed by atoms with Gasteiger partial charge >= 0.3 is 5.97 Å². The molecule has 0 amide bonds. The number of allylic oxidation sites excluding steroid dienone is 1. The Kier molecular flexibility index (Phi) is 5.37. The Balaban J connectivity index is 2.14. The lowest BCUT2D eigenvalue weighted by molar-refractivity contribution is -0.146. The number of Topliss-reactive ketones (excluding diaryl/α,β-unsaturated/α-hetero) is 1. The monoisotopic (exact) mass is 320 g/mol. The van der Waals surface area contributed by atoms with Gasteiger partial charge in [-0.15, -0.1) is 0 Å². The minimum absolute atomic E-state index is 0.000135. The summed E-state index contributed by atoms with van der Waals surface area (Å²) in [7, 11) is 0. The van der Waals surface area contributed by atoms with Crippen LogP contribution in [0.2, 0.25) is 0 Å². The van der Waals surface area contributed by atoms with Gasteiger partial charge in [0.1, 0.15) is 12.2 Å². The summed E-state index contributed by atoms with van der Waals surface area (Å²) in [6.45, 7) is 13.5. The van der Waals surface area contributed by atoms with Crippen LogP contribution in [0.4, 0.5) is 0 Å². The van der Waals surface area contributed by atoms with Gasteiger partial charge in [-0.2, -0.15) is 0 Å². The molecule has 0 aliphatic heterocycles. The third kappa shape index (κ3) is 3.70. The molecule has 0 radical (unpaired) electrons. The SMILES string of the molecule is C=C1CC[C@H]2C(C)(C)CCC[C@]2(C)[C@H]1CC(=O)CC(=O)OCC. The van der Waals surface area contributed by atoms with Gasteiger partial charge in [0, 0.05) is 6.42 Å². The number of hydrogen-bond donors (Lipinski definition) is 0. The van der Waals surface area contributed by atoms with Gasteiger partial charge < -0.3 is 4.74 Å². The van der Waals surface area contributed by atoms with Crippen molar-refractivity contribution in [3.63, 3.8) is 0 Å². The van der Waals surface area contributed by atoms with Crippen molar-refractivity contribution in [2.24, 2.45) is 22.7 Å². The number of ether oxygens (including phenoxy) is 1. The van der Waals surface area contributed by atoms with Gasteiger partial charge in [-0.3, -0.25) is 9.59 Å². The van der Waals surface area contributed by atoms with E-state index in [2.05, 4.69) is 27.4 Å². The minimum Gasteiger partial charge on any atom is -0.466 e. The second kappa shape index (κ2) is 6.78. The maximum Gasteiger partial charge on any atom is 0.313 e. The quantitative estimate of drug-likeness (QED) is 0.419. The summed E-state index contributed by atoms with van der Waals surface area (Å²) in [6.07, 6.45) is 6.20. The minimum atomic E-state index is -0.399. The van der Waals surface area contributed by atoms with Crippen LogP contribution in [0, 0.1) is 22.7 Å². The zero-order valence-corrected chi connectivity index (χ0v) is 15.2. The molecule has 0 aromatic rings. The van der Waals surface area contributed by atoms with Crippen LogP contribution in [0.3, 0.4) is 0 Å². The summed E-state index contributed by atoms with van der Waals surface area (Å²) >= 11 is 0. The molecule has 0 spiro atoms. The molecule has 0 saturated heterocycles. The molecule has 0 bridgehead atoms. The zero-order chi connectivity index (χ0) is 17.3. The molecular weight excluding hydrogens is 288 g/mol. The Morgan fingerprint density at radius 3 is 2.61 bits per heavy atom. The number of ketones is 1. The first kappa shape index (κ1) is 18.2. The van der Waals surface area contributed by atoms with Gasteiger partial charge in [-0.25, -0.2) is 0 Å². The number of rotatable bonds is 5. The third-order valence-electron chi connectivity index (χ3n) is 6.40. The average molecular weight is 320 g/mol. The Bertz CT molecular complexity index is 491. The topological polar surface area (TPSA) is 43.4 Å². The van der Waals surface area contributed by atoms with E-state index in [1.807, 2.05) is 0 Å². The first-order valence-electron chi connectivity index (χ1n) is 9.05. The molecule has 2 rings (SSSR count). The maximum atomic E-state index is 12.4. The summed E-state index contributed by atoms with van der Waals surface area (Å²) in [5.41, 5.74) is 1.68. The van der Waals surface area contributed by atoms with Crippen molar-refractivity contribution in [1.29, 1.82) is 0 Å². The lowest BCUT2D eigenvalue weighted by Gasteiger charge is -2.58. The largest absolute Gasteiger partial charge is 0.466 e. The first-order chi connectivity index (χ1) is 10.7. The standard InChI is InChI=1S/C20H32O3/c1-6-23-18(22)13-15(21)12-16-14(2)8-9-17-19(3,4)10-7-11-20(16,17)5/h16-17H,2,6-13H2,1,3-5H3/t16-,17-,20+/m0/s1. The highest BCUT2D eigenvalue weighted by molar-refractivity contribution is 5.95. The molecule has 0 aromatic carbocycles. The number of hydrogen-bond acceptors (Lipinski definition) is 3. The van der Waals surface area contributed by atoms with Crippen LogP contribution in [-0.2, 0) is 14.3 Å². The number of carbonyl (C=O) groups is 2. The predicted octanol–water partition coefficient (Wildman–Crippen LogP) is 4.70. The second-order valence-corrected chi connectivity index (χ2v) is 8.37. The Hall–Kier alpha value is -1.12. The van der Waals surface area contributed by atoms with Gasteiger partial charge in [-0.1, -0.05) is 39.3 Å². The van der Waals surface area contributed by atoms with Crippen LogP contribution in [0.15, 0.2) is 12.2 Å². The molecule has 2 aliphatic carbocycles. The molecule has 3 heteroatoms. The van der Waals surface area contributed by atoms with E-state index in [9.17, 15) is 9.59 Å². The fourth-order valence-electron chi connectivity index (χ4n) is 5.32. The fourth-order valence-corrected chi connectivity index (χ4v) is 5.32. The third-order valence-corrected chi connectivity index (χ3v) is 6.40. The molecule has 0 aromatic heterocycles. The molecule has 3 nitrogen and oxygen atoms in total. The van der Waals surface area contributed by atoms with Crippen molar-refractivity contribution in [1.82, 2.24) is 0 Å². The van der Waals surface area contributed by atoms with Gasteiger partial charge in [-0.05, 0) is 55.3 Å². The normalized spacial score (nSPS) is 33.0. The van der Waals surface area contributed by atoms with E-state index < -0.39 is 5.97 Å². The Labute approximate surface area is 140 Å². The number of fused-ring (bicyclic) bond motifs is 1. The van der Waals surface area contributed by atoms with Crippen LogP contribution < -0.4 is 0 Å². The second-order valence-electron chi connectivity index (χ2n) is 8.37. The summed E-state index contributed by atoms with van der Waals surface area (Å²) in [4.78, 5) is 24.0. The van der Waals surface area contributed by atoms with E-state index in [1.54, 1.807) is 6.92 Å². The summed E-state index contributed by atoms with van der Waals surface area (Å²) in [5, 5.41) is 0. The number of esters is 1. The van der Waals surface area contributed by atoms with Crippen LogP contribution in [0.1, 0.15) is 72.6 Å². The van der Waals surface area contributed by atoms with Crippen molar-refractivity contribution in [2.75, 3.05) is 6.61 Å². The Morgan fingerprint density at radius 2 is 1.96 bits per heavy atom. The van der Waals surface area contributed by atoms with Crippen molar-refractivity contribution in [3.05, 3.63) is 12.2 Å². The lowest BCUT2D eigenvalue weighted by atomic mass is 9.47. The molecule has 0 N–H and O–H groups in total.